The molecule has 212 valence electrons. The molecule has 1 aromatic heterocycles. The molecule has 3 heterocycles. The summed E-state index contributed by atoms with van der Waals surface area (Å²) in [4.78, 5) is 31.2. The summed E-state index contributed by atoms with van der Waals surface area (Å²) in [6, 6.07) is 8.18. The quantitative estimate of drug-likeness (QED) is 0.463. The number of hydrogen-bond donors (Lipinski definition) is 1. The number of amides is 2. The Bertz CT molecular complexity index is 1160. The zero-order valence-electron chi connectivity index (χ0n) is 22.6. The van der Waals surface area contributed by atoms with E-state index in [4.69, 9.17) is 4.42 Å². The molecule has 2 amide bonds. The lowest BCUT2D eigenvalue weighted by Gasteiger charge is -2.52. The first-order valence-electron chi connectivity index (χ1n) is 14.3. The van der Waals surface area contributed by atoms with Crippen LogP contribution in [0.2, 0.25) is 0 Å². The second kappa shape index (κ2) is 11.4. The van der Waals surface area contributed by atoms with E-state index in [2.05, 4.69) is 10.2 Å². The fourth-order valence-corrected chi connectivity index (χ4v) is 6.60. The van der Waals surface area contributed by atoms with Crippen LogP contribution in [-0.4, -0.2) is 52.8 Å². The van der Waals surface area contributed by atoms with Crippen LogP contribution in [0.15, 0.2) is 40.8 Å². The minimum absolute atomic E-state index is 0.0270. The van der Waals surface area contributed by atoms with Crippen molar-refractivity contribution in [2.45, 2.75) is 89.0 Å². The van der Waals surface area contributed by atoms with Gasteiger partial charge in [-0.15, -0.1) is 0 Å². The lowest BCUT2D eigenvalue weighted by Crippen LogP contribution is -2.73. The number of piperidine rings is 1. The van der Waals surface area contributed by atoms with Gasteiger partial charge in [-0.2, -0.15) is 13.2 Å². The summed E-state index contributed by atoms with van der Waals surface area (Å²) in [7, 11) is 0. The van der Waals surface area contributed by atoms with Gasteiger partial charge in [0.15, 0.2) is 0 Å². The lowest BCUT2D eigenvalue weighted by atomic mass is 9.79. The van der Waals surface area contributed by atoms with Crippen molar-refractivity contribution in [2.24, 2.45) is 5.92 Å². The first kappa shape index (κ1) is 27.7. The highest BCUT2D eigenvalue weighted by Gasteiger charge is 2.53. The number of hydrogen-bond acceptors (Lipinski definition) is 4. The molecule has 5 rings (SSSR count). The molecule has 1 N–H and O–H groups in total. The van der Waals surface area contributed by atoms with Gasteiger partial charge in [0, 0.05) is 25.2 Å². The maximum Gasteiger partial charge on any atom is 0.416 e. The number of benzene rings is 1. The fourth-order valence-electron chi connectivity index (χ4n) is 6.60. The van der Waals surface area contributed by atoms with E-state index in [0.717, 1.165) is 37.8 Å². The Morgan fingerprint density at radius 3 is 2.49 bits per heavy atom. The molecule has 2 saturated heterocycles. The number of rotatable bonds is 7. The standard InChI is InChI=1S/C30H38F3N3O3/c1-2-15-36-27(37)25(18-21-7-4-3-5-8-21)34-28(38)29(36)13-16-35(17-14-29)20-24-11-12-26(39-24)22-9-6-10-23(19-22)30(31,32)33/h6,9-12,19,21,25H,2-5,7-8,13-18,20H2,1H3,(H,34,38). The summed E-state index contributed by atoms with van der Waals surface area (Å²) < 4.78 is 45.2. The van der Waals surface area contributed by atoms with Crippen molar-refractivity contribution in [3.05, 3.63) is 47.7 Å². The molecular weight excluding hydrogens is 507 g/mol. The average Bonchev–Trinajstić information content (AvgIpc) is 3.40. The summed E-state index contributed by atoms with van der Waals surface area (Å²) >= 11 is 0. The molecule has 1 unspecified atom stereocenters. The SMILES string of the molecule is CCCN1C(=O)C(CC2CCCCC2)NC(=O)C12CCN(Cc1ccc(-c3cccc(C(F)(F)F)c3)o1)CC2. The minimum atomic E-state index is -4.41. The third kappa shape index (κ3) is 5.88. The van der Waals surface area contributed by atoms with E-state index in [1.165, 1.54) is 25.3 Å². The zero-order valence-corrected chi connectivity index (χ0v) is 22.6. The molecule has 1 spiro atoms. The number of carbonyl (C=O) groups is 2. The number of carbonyl (C=O) groups excluding carboxylic acids is 2. The van der Waals surface area contributed by atoms with Crippen LogP contribution in [0.25, 0.3) is 11.3 Å². The number of likely N-dealkylation sites (tertiary alicyclic amines) is 1. The summed E-state index contributed by atoms with van der Waals surface area (Å²) in [6.45, 7) is 4.34. The third-order valence-corrected chi connectivity index (χ3v) is 8.75. The zero-order chi connectivity index (χ0) is 27.6. The molecule has 0 radical (unpaired) electrons. The van der Waals surface area contributed by atoms with Gasteiger partial charge in [0.1, 0.15) is 23.1 Å². The maximum atomic E-state index is 13.6. The molecule has 2 aromatic rings. The Kier molecular flexibility index (Phi) is 8.08. The van der Waals surface area contributed by atoms with Gasteiger partial charge in [-0.05, 0) is 55.9 Å². The number of nitrogens with one attached hydrogen (secondary N) is 1. The lowest BCUT2D eigenvalue weighted by molar-refractivity contribution is -0.162. The van der Waals surface area contributed by atoms with Crippen LogP contribution in [0.1, 0.15) is 76.0 Å². The second-order valence-corrected chi connectivity index (χ2v) is 11.4. The van der Waals surface area contributed by atoms with E-state index in [0.29, 0.717) is 62.0 Å². The smallest absolute Gasteiger partial charge is 0.416 e. The third-order valence-electron chi connectivity index (χ3n) is 8.75. The summed E-state index contributed by atoms with van der Waals surface area (Å²) in [6.07, 6.45) is 4.14. The van der Waals surface area contributed by atoms with Crippen molar-refractivity contribution in [3.8, 4) is 11.3 Å². The number of alkyl halides is 3. The molecular formula is C30H38F3N3O3. The molecule has 39 heavy (non-hydrogen) atoms. The first-order valence-corrected chi connectivity index (χ1v) is 14.3. The van der Waals surface area contributed by atoms with Gasteiger partial charge in [-0.3, -0.25) is 14.5 Å². The van der Waals surface area contributed by atoms with Crippen LogP contribution in [0.4, 0.5) is 13.2 Å². The van der Waals surface area contributed by atoms with E-state index in [1.54, 1.807) is 18.2 Å². The van der Waals surface area contributed by atoms with Crippen LogP contribution in [-0.2, 0) is 22.3 Å². The van der Waals surface area contributed by atoms with Crippen molar-refractivity contribution >= 4 is 11.8 Å². The normalized spacial score (nSPS) is 22.9. The summed E-state index contributed by atoms with van der Waals surface area (Å²) in [5.41, 5.74) is -1.15. The van der Waals surface area contributed by atoms with E-state index < -0.39 is 23.3 Å². The van der Waals surface area contributed by atoms with Crippen molar-refractivity contribution in [1.29, 1.82) is 0 Å². The van der Waals surface area contributed by atoms with Crippen LogP contribution in [0.5, 0.6) is 0 Å². The van der Waals surface area contributed by atoms with Gasteiger partial charge >= 0.3 is 6.18 Å². The Hall–Kier alpha value is -2.81. The monoisotopic (exact) mass is 545 g/mol. The van der Waals surface area contributed by atoms with Crippen molar-refractivity contribution in [1.82, 2.24) is 15.1 Å². The molecule has 1 aromatic carbocycles. The predicted octanol–water partition coefficient (Wildman–Crippen LogP) is 6.01. The molecule has 3 fully saturated rings. The molecule has 1 aliphatic carbocycles. The highest BCUT2D eigenvalue weighted by Crippen LogP contribution is 2.37. The van der Waals surface area contributed by atoms with Gasteiger partial charge in [-0.25, -0.2) is 0 Å². The van der Waals surface area contributed by atoms with E-state index >= 15 is 0 Å². The van der Waals surface area contributed by atoms with Gasteiger partial charge in [0.05, 0.1) is 12.1 Å². The fraction of sp³-hybridized carbons (Fsp3) is 0.600. The van der Waals surface area contributed by atoms with Crippen LogP contribution < -0.4 is 5.32 Å². The molecule has 0 bridgehead atoms. The largest absolute Gasteiger partial charge is 0.460 e. The van der Waals surface area contributed by atoms with E-state index in [9.17, 15) is 22.8 Å². The molecule has 6 nitrogen and oxygen atoms in total. The summed E-state index contributed by atoms with van der Waals surface area (Å²) in [5.74, 6) is 1.58. The Morgan fingerprint density at radius 2 is 1.79 bits per heavy atom. The van der Waals surface area contributed by atoms with Crippen LogP contribution in [0, 0.1) is 5.92 Å². The van der Waals surface area contributed by atoms with Gasteiger partial charge < -0.3 is 14.6 Å². The van der Waals surface area contributed by atoms with E-state index in [1.807, 2.05) is 11.8 Å². The Balaban J connectivity index is 1.23. The molecule has 1 atom stereocenters. The van der Waals surface area contributed by atoms with Crippen molar-refractivity contribution in [3.63, 3.8) is 0 Å². The van der Waals surface area contributed by atoms with Crippen molar-refractivity contribution < 1.29 is 27.2 Å². The molecule has 2 aliphatic heterocycles. The summed E-state index contributed by atoms with van der Waals surface area (Å²) in [5, 5.41) is 3.12. The molecule has 1 saturated carbocycles. The topological polar surface area (TPSA) is 65.8 Å². The van der Waals surface area contributed by atoms with Gasteiger partial charge in [0.25, 0.3) is 0 Å². The number of furan rings is 1. The number of piperazine rings is 1. The van der Waals surface area contributed by atoms with Crippen LogP contribution >= 0.6 is 0 Å². The number of nitrogens with zero attached hydrogens (tertiary/aromatic N) is 2. The predicted molar refractivity (Wildman–Crippen MR) is 142 cm³/mol. The first-order chi connectivity index (χ1) is 18.7. The number of halogens is 3. The van der Waals surface area contributed by atoms with E-state index in [-0.39, 0.29) is 11.8 Å². The van der Waals surface area contributed by atoms with Crippen LogP contribution in [0.3, 0.4) is 0 Å². The highest BCUT2D eigenvalue weighted by molar-refractivity contribution is 6.00. The minimum Gasteiger partial charge on any atom is -0.460 e. The molecule has 3 aliphatic rings. The second-order valence-electron chi connectivity index (χ2n) is 11.4. The highest BCUT2D eigenvalue weighted by atomic mass is 19.4. The average molecular weight is 546 g/mol. The van der Waals surface area contributed by atoms with Gasteiger partial charge in [-0.1, -0.05) is 51.2 Å². The Morgan fingerprint density at radius 1 is 1.05 bits per heavy atom. The Labute approximate surface area is 227 Å². The maximum absolute atomic E-state index is 13.6. The van der Waals surface area contributed by atoms with Crippen molar-refractivity contribution in [2.75, 3.05) is 19.6 Å². The van der Waals surface area contributed by atoms with Gasteiger partial charge in [0.2, 0.25) is 11.8 Å². The molecule has 9 heteroatoms.